The summed E-state index contributed by atoms with van der Waals surface area (Å²) in [5.41, 5.74) is 0.579. The fourth-order valence-corrected chi connectivity index (χ4v) is 4.02. The summed E-state index contributed by atoms with van der Waals surface area (Å²) in [6, 6.07) is 9.20. The van der Waals surface area contributed by atoms with Crippen molar-refractivity contribution in [1.29, 1.82) is 0 Å². The molecule has 1 aliphatic rings. The highest BCUT2D eigenvalue weighted by molar-refractivity contribution is 5.94. The minimum Gasteiger partial charge on any atom is -0.493 e. The number of ketones is 1. The SMILES string of the molecule is CCc1ccc(C2CCCCCN2C(=O)CCCOc2ccc(C(C)=O)cc2OC)o1. The lowest BCUT2D eigenvalue weighted by Crippen LogP contribution is -2.34. The zero-order valence-electron chi connectivity index (χ0n) is 18.8. The zero-order valence-corrected chi connectivity index (χ0v) is 18.8. The van der Waals surface area contributed by atoms with Gasteiger partial charge in [0.2, 0.25) is 5.91 Å². The predicted molar refractivity (Wildman–Crippen MR) is 119 cm³/mol. The predicted octanol–water partition coefficient (Wildman–Crippen LogP) is 5.36. The number of hydrogen-bond donors (Lipinski definition) is 0. The quantitative estimate of drug-likeness (QED) is 0.398. The maximum atomic E-state index is 13.0. The summed E-state index contributed by atoms with van der Waals surface area (Å²) >= 11 is 0. The second kappa shape index (κ2) is 11.0. The number of rotatable bonds is 9. The Hall–Kier alpha value is -2.76. The van der Waals surface area contributed by atoms with E-state index in [2.05, 4.69) is 6.92 Å². The zero-order chi connectivity index (χ0) is 22.2. The standard InChI is InChI=1S/C25H33NO5/c1-4-20-12-14-22(31-20)21-9-6-5-7-15-26(21)25(28)10-8-16-30-23-13-11-19(18(2)27)17-24(23)29-3/h11-14,17,21H,4-10,15-16H2,1-3H3. The van der Waals surface area contributed by atoms with Gasteiger partial charge in [-0.25, -0.2) is 0 Å². The topological polar surface area (TPSA) is 69.0 Å². The van der Waals surface area contributed by atoms with E-state index < -0.39 is 0 Å². The number of methoxy groups -OCH3 is 1. The molecule has 0 N–H and O–H groups in total. The Balaban J connectivity index is 1.57. The lowest BCUT2D eigenvalue weighted by molar-refractivity contribution is -0.134. The number of hydrogen-bond acceptors (Lipinski definition) is 5. The van der Waals surface area contributed by atoms with Gasteiger partial charge in [0.25, 0.3) is 0 Å². The second-order valence-electron chi connectivity index (χ2n) is 7.98. The Labute approximate surface area is 184 Å². The molecule has 0 radical (unpaired) electrons. The van der Waals surface area contributed by atoms with E-state index in [1.165, 1.54) is 6.92 Å². The monoisotopic (exact) mass is 427 g/mol. The largest absolute Gasteiger partial charge is 0.493 e. The molecule has 1 unspecified atom stereocenters. The van der Waals surface area contributed by atoms with E-state index in [0.29, 0.717) is 36.5 Å². The number of carbonyl (C=O) groups is 2. The van der Waals surface area contributed by atoms with Gasteiger partial charge in [0.05, 0.1) is 19.8 Å². The van der Waals surface area contributed by atoms with E-state index in [-0.39, 0.29) is 17.7 Å². The number of carbonyl (C=O) groups excluding carboxylic acids is 2. The smallest absolute Gasteiger partial charge is 0.223 e. The number of ether oxygens (including phenoxy) is 2. The molecular weight excluding hydrogens is 394 g/mol. The first-order valence-corrected chi connectivity index (χ1v) is 11.2. The van der Waals surface area contributed by atoms with Gasteiger partial charge in [-0.3, -0.25) is 9.59 Å². The van der Waals surface area contributed by atoms with Crippen molar-refractivity contribution >= 4 is 11.7 Å². The highest BCUT2D eigenvalue weighted by atomic mass is 16.5. The lowest BCUT2D eigenvalue weighted by Gasteiger charge is -2.29. The van der Waals surface area contributed by atoms with Crippen LogP contribution in [0.15, 0.2) is 34.7 Å². The van der Waals surface area contributed by atoms with Crippen LogP contribution in [0.25, 0.3) is 0 Å². The minimum atomic E-state index is -0.0231. The summed E-state index contributed by atoms with van der Waals surface area (Å²) in [6.45, 7) is 4.76. The van der Waals surface area contributed by atoms with Crippen molar-refractivity contribution in [3.8, 4) is 11.5 Å². The molecule has 1 aromatic carbocycles. The Morgan fingerprint density at radius 2 is 1.97 bits per heavy atom. The fraction of sp³-hybridized carbons (Fsp3) is 0.520. The Bertz CT molecular complexity index is 888. The molecule has 1 aliphatic heterocycles. The van der Waals surface area contributed by atoms with Crippen LogP contribution in [-0.2, 0) is 11.2 Å². The molecule has 168 valence electrons. The van der Waals surface area contributed by atoms with Gasteiger partial charge in [-0.15, -0.1) is 0 Å². The van der Waals surface area contributed by atoms with Crippen molar-refractivity contribution < 1.29 is 23.5 Å². The van der Waals surface area contributed by atoms with Crippen LogP contribution in [0, 0.1) is 0 Å². The van der Waals surface area contributed by atoms with Crippen LogP contribution in [0.3, 0.4) is 0 Å². The maximum Gasteiger partial charge on any atom is 0.223 e. The van der Waals surface area contributed by atoms with Crippen molar-refractivity contribution in [3.63, 3.8) is 0 Å². The number of amides is 1. The van der Waals surface area contributed by atoms with E-state index in [9.17, 15) is 9.59 Å². The van der Waals surface area contributed by atoms with Crippen LogP contribution < -0.4 is 9.47 Å². The molecule has 3 rings (SSSR count). The van der Waals surface area contributed by atoms with Crippen LogP contribution in [-0.4, -0.2) is 36.9 Å². The van der Waals surface area contributed by atoms with Crippen molar-refractivity contribution in [2.24, 2.45) is 0 Å². The lowest BCUT2D eigenvalue weighted by atomic mass is 10.1. The number of likely N-dealkylation sites (tertiary alicyclic amines) is 1. The van der Waals surface area contributed by atoms with Gasteiger partial charge in [-0.2, -0.15) is 0 Å². The summed E-state index contributed by atoms with van der Waals surface area (Å²) in [5, 5.41) is 0. The third-order valence-electron chi connectivity index (χ3n) is 5.80. The van der Waals surface area contributed by atoms with Gasteiger partial charge in [0, 0.05) is 24.9 Å². The van der Waals surface area contributed by atoms with Crippen LogP contribution in [0.4, 0.5) is 0 Å². The minimum absolute atomic E-state index is 0.0231. The summed E-state index contributed by atoms with van der Waals surface area (Å²) in [7, 11) is 1.55. The summed E-state index contributed by atoms with van der Waals surface area (Å²) in [4.78, 5) is 26.6. The first-order valence-electron chi connectivity index (χ1n) is 11.2. The molecule has 31 heavy (non-hydrogen) atoms. The van der Waals surface area contributed by atoms with Gasteiger partial charge in [-0.1, -0.05) is 19.8 Å². The molecule has 1 atom stereocenters. The van der Waals surface area contributed by atoms with Crippen molar-refractivity contribution in [3.05, 3.63) is 47.4 Å². The molecule has 1 aromatic heterocycles. The van der Waals surface area contributed by atoms with Gasteiger partial charge >= 0.3 is 0 Å². The second-order valence-corrected chi connectivity index (χ2v) is 7.98. The normalized spacial score (nSPS) is 16.6. The summed E-state index contributed by atoms with van der Waals surface area (Å²) in [6.07, 6.45) is 6.10. The van der Waals surface area contributed by atoms with E-state index in [1.807, 2.05) is 17.0 Å². The molecule has 2 heterocycles. The molecule has 0 spiro atoms. The number of nitrogens with zero attached hydrogens (tertiary/aromatic N) is 1. The molecule has 6 nitrogen and oxygen atoms in total. The van der Waals surface area contributed by atoms with Crippen molar-refractivity contribution in [2.75, 3.05) is 20.3 Å². The molecular formula is C25H33NO5. The highest BCUT2D eigenvalue weighted by Gasteiger charge is 2.28. The van der Waals surface area contributed by atoms with Crippen molar-refractivity contribution in [1.82, 2.24) is 4.90 Å². The number of Topliss-reactive ketones (excluding diaryl/α,β-unsaturated/α-hetero) is 1. The molecule has 0 bridgehead atoms. The Morgan fingerprint density at radius 3 is 2.68 bits per heavy atom. The van der Waals surface area contributed by atoms with Crippen LogP contribution >= 0.6 is 0 Å². The van der Waals surface area contributed by atoms with E-state index in [0.717, 1.165) is 50.2 Å². The third-order valence-corrected chi connectivity index (χ3v) is 5.80. The van der Waals surface area contributed by atoms with Gasteiger partial charge in [0.1, 0.15) is 11.5 Å². The van der Waals surface area contributed by atoms with E-state index >= 15 is 0 Å². The number of benzene rings is 1. The van der Waals surface area contributed by atoms with Gasteiger partial charge < -0.3 is 18.8 Å². The average molecular weight is 428 g/mol. The molecule has 1 fully saturated rings. The first kappa shape index (κ1) is 22.9. The van der Waals surface area contributed by atoms with E-state index in [1.54, 1.807) is 25.3 Å². The molecule has 0 aliphatic carbocycles. The van der Waals surface area contributed by atoms with E-state index in [4.69, 9.17) is 13.9 Å². The summed E-state index contributed by atoms with van der Waals surface area (Å²) < 4.78 is 17.2. The average Bonchev–Trinajstić information content (AvgIpc) is 3.12. The third kappa shape index (κ3) is 5.90. The van der Waals surface area contributed by atoms with Crippen LogP contribution in [0.5, 0.6) is 11.5 Å². The van der Waals surface area contributed by atoms with Gasteiger partial charge in [0.15, 0.2) is 17.3 Å². The Kier molecular flexibility index (Phi) is 8.15. The fourth-order valence-electron chi connectivity index (χ4n) is 4.02. The van der Waals surface area contributed by atoms with Crippen LogP contribution in [0.2, 0.25) is 0 Å². The molecule has 0 saturated carbocycles. The van der Waals surface area contributed by atoms with Crippen molar-refractivity contribution in [2.45, 2.75) is 64.8 Å². The maximum absolute atomic E-state index is 13.0. The van der Waals surface area contributed by atoms with Gasteiger partial charge in [-0.05, 0) is 56.5 Å². The molecule has 2 aromatic rings. The number of furan rings is 1. The Morgan fingerprint density at radius 1 is 1.13 bits per heavy atom. The highest BCUT2D eigenvalue weighted by Crippen LogP contribution is 2.32. The van der Waals surface area contributed by atoms with Crippen LogP contribution in [0.1, 0.15) is 80.3 Å². The molecule has 6 heteroatoms. The number of aryl methyl sites for hydroxylation is 1. The summed E-state index contributed by atoms with van der Waals surface area (Å²) in [5.74, 6) is 3.09. The first-order chi connectivity index (χ1) is 15.0. The molecule has 1 amide bonds. The molecule has 1 saturated heterocycles.